The van der Waals surface area contributed by atoms with Crippen LogP contribution >= 0.6 is 0 Å². The van der Waals surface area contributed by atoms with Crippen LogP contribution in [0.5, 0.6) is 11.5 Å². The van der Waals surface area contributed by atoms with Gasteiger partial charge in [0.2, 0.25) is 0 Å². The van der Waals surface area contributed by atoms with Crippen molar-refractivity contribution in [1.29, 1.82) is 0 Å². The molecule has 0 fully saturated rings. The zero-order chi connectivity index (χ0) is 15.9. The lowest BCUT2D eigenvalue weighted by atomic mass is 9.73. The third-order valence-corrected chi connectivity index (χ3v) is 4.86. The molecule has 0 unspecified atom stereocenters. The summed E-state index contributed by atoms with van der Waals surface area (Å²) in [6, 6.07) is 7.53. The summed E-state index contributed by atoms with van der Waals surface area (Å²) in [5.41, 5.74) is 6.29. The van der Waals surface area contributed by atoms with Gasteiger partial charge in [-0.3, -0.25) is 0 Å². The highest BCUT2D eigenvalue weighted by molar-refractivity contribution is 5.53. The van der Waals surface area contributed by atoms with Crippen molar-refractivity contribution in [2.24, 2.45) is 0 Å². The minimum absolute atomic E-state index is 0.189. The number of hydrogen-bond acceptors (Lipinski definition) is 2. The topological polar surface area (TPSA) is 40.5 Å². The van der Waals surface area contributed by atoms with Gasteiger partial charge in [0.05, 0.1) is 0 Å². The first-order valence-corrected chi connectivity index (χ1v) is 7.27. The van der Waals surface area contributed by atoms with Gasteiger partial charge in [0.15, 0.2) is 0 Å². The molecule has 0 bridgehead atoms. The van der Waals surface area contributed by atoms with Gasteiger partial charge >= 0.3 is 0 Å². The van der Waals surface area contributed by atoms with Crippen molar-refractivity contribution in [2.75, 3.05) is 0 Å². The minimum atomic E-state index is -0.189. The van der Waals surface area contributed by atoms with Crippen LogP contribution in [0.15, 0.2) is 24.3 Å². The van der Waals surface area contributed by atoms with Gasteiger partial charge in [0.25, 0.3) is 0 Å². The molecule has 0 spiro atoms. The smallest absolute Gasteiger partial charge is 0.118 e. The van der Waals surface area contributed by atoms with Crippen LogP contribution in [0.2, 0.25) is 0 Å². The standard InChI is InChI=1S/C19H24O2/c1-11-13(3)17(20)9-7-15(11)19(5,6)16-8-10-18(21)14(4)12(16)2/h7-10,20-21H,1-6H3. The molecule has 2 N–H and O–H groups in total. The monoisotopic (exact) mass is 284 g/mol. The highest BCUT2D eigenvalue weighted by atomic mass is 16.3. The van der Waals surface area contributed by atoms with Crippen LogP contribution in [0, 0.1) is 27.7 Å². The fourth-order valence-electron chi connectivity index (χ4n) is 3.11. The van der Waals surface area contributed by atoms with E-state index in [0.29, 0.717) is 11.5 Å². The minimum Gasteiger partial charge on any atom is -0.508 e. The third-order valence-electron chi connectivity index (χ3n) is 4.86. The average molecular weight is 284 g/mol. The normalized spacial score (nSPS) is 11.7. The molecule has 0 saturated heterocycles. The average Bonchev–Trinajstić information content (AvgIpc) is 2.41. The molecular weight excluding hydrogens is 260 g/mol. The lowest BCUT2D eigenvalue weighted by Crippen LogP contribution is -2.22. The van der Waals surface area contributed by atoms with Crippen molar-refractivity contribution < 1.29 is 10.2 Å². The van der Waals surface area contributed by atoms with Crippen molar-refractivity contribution in [3.05, 3.63) is 57.6 Å². The Morgan fingerprint density at radius 1 is 0.619 bits per heavy atom. The Kier molecular flexibility index (Phi) is 3.75. The number of hydrogen-bond donors (Lipinski definition) is 2. The first kappa shape index (κ1) is 15.4. The maximum absolute atomic E-state index is 9.86. The molecule has 0 heterocycles. The van der Waals surface area contributed by atoms with Crippen molar-refractivity contribution in [1.82, 2.24) is 0 Å². The Labute approximate surface area is 127 Å². The largest absolute Gasteiger partial charge is 0.508 e. The quantitative estimate of drug-likeness (QED) is 0.842. The third kappa shape index (κ3) is 2.39. The molecule has 2 aromatic rings. The zero-order valence-corrected chi connectivity index (χ0v) is 13.7. The molecule has 0 aliphatic carbocycles. The van der Waals surface area contributed by atoms with Crippen molar-refractivity contribution in [3.63, 3.8) is 0 Å². The summed E-state index contributed by atoms with van der Waals surface area (Å²) >= 11 is 0. The number of phenolic OH excluding ortho intramolecular Hbond substituents is 2. The van der Waals surface area contributed by atoms with Crippen LogP contribution in [0.4, 0.5) is 0 Å². The summed E-state index contributed by atoms with van der Waals surface area (Å²) in [6.45, 7) is 12.4. The fraction of sp³-hybridized carbons (Fsp3) is 0.368. The zero-order valence-electron chi connectivity index (χ0n) is 13.7. The second-order valence-corrected chi connectivity index (χ2v) is 6.39. The molecular formula is C19H24O2. The Balaban J connectivity index is 2.68. The van der Waals surface area contributed by atoms with E-state index >= 15 is 0 Å². The Hall–Kier alpha value is -1.96. The van der Waals surface area contributed by atoms with Crippen LogP contribution in [0.1, 0.15) is 47.2 Å². The molecule has 2 nitrogen and oxygen atoms in total. The van der Waals surface area contributed by atoms with E-state index in [1.165, 1.54) is 11.1 Å². The van der Waals surface area contributed by atoms with Gasteiger partial charge in [0.1, 0.15) is 11.5 Å². The van der Waals surface area contributed by atoms with Gasteiger partial charge in [-0.05, 0) is 73.2 Å². The maximum Gasteiger partial charge on any atom is 0.118 e. The molecule has 0 amide bonds. The van der Waals surface area contributed by atoms with E-state index in [1.54, 1.807) is 12.1 Å². The van der Waals surface area contributed by atoms with Crippen LogP contribution in [0.3, 0.4) is 0 Å². The Morgan fingerprint density at radius 2 is 0.952 bits per heavy atom. The van der Waals surface area contributed by atoms with E-state index in [9.17, 15) is 10.2 Å². The first-order chi connectivity index (χ1) is 9.67. The molecule has 0 radical (unpaired) electrons. The van der Waals surface area contributed by atoms with E-state index in [1.807, 2.05) is 26.0 Å². The molecule has 2 rings (SSSR count). The summed E-state index contributed by atoms with van der Waals surface area (Å²) in [7, 11) is 0. The van der Waals surface area contributed by atoms with Crippen molar-refractivity contribution in [2.45, 2.75) is 47.0 Å². The molecule has 0 saturated carbocycles. The second kappa shape index (κ2) is 5.10. The van der Waals surface area contributed by atoms with Gasteiger partial charge in [-0.25, -0.2) is 0 Å². The second-order valence-electron chi connectivity index (χ2n) is 6.39. The van der Waals surface area contributed by atoms with E-state index in [2.05, 4.69) is 27.7 Å². The highest BCUT2D eigenvalue weighted by Crippen LogP contribution is 2.39. The molecule has 0 aliphatic heterocycles. The SMILES string of the molecule is Cc1c(O)ccc(C(C)(C)c2ccc(O)c(C)c2C)c1C. The van der Waals surface area contributed by atoms with Crippen LogP contribution in [-0.2, 0) is 5.41 Å². The molecule has 0 aromatic heterocycles. The van der Waals surface area contributed by atoms with E-state index in [0.717, 1.165) is 22.3 Å². The summed E-state index contributed by atoms with van der Waals surface area (Å²) in [6.07, 6.45) is 0. The van der Waals surface area contributed by atoms with E-state index in [-0.39, 0.29) is 5.41 Å². The van der Waals surface area contributed by atoms with E-state index in [4.69, 9.17) is 0 Å². The van der Waals surface area contributed by atoms with Gasteiger partial charge < -0.3 is 10.2 Å². The number of benzene rings is 2. The summed E-state index contributed by atoms with van der Waals surface area (Å²) in [5, 5.41) is 19.7. The van der Waals surface area contributed by atoms with Gasteiger partial charge in [-0.2, -0.15) is 0 Å². The predicted octanol–water partition coefficient (Wildman–Crippen LogP) is 4.66. The first-order valence-electron chi connectivity index (χ1n) is 7.27. The van der Waals surface area contributed by atoms with Crippen LogP contribution < -0.4 is 0 Å². The fourth-order valence-corrected chi connectivity index (χ4v) is 3.11. The summed E-state index contributed by atoms with van der Waals surface area (Å²) in [5.74, 6) is 0.677. The molecule has 0 aliphatic rings. The molecule has 2 heteroatoms. The lowest BCUT2D eigenvalue weighted by molar-refractivity contribution is 0.468. The number of rotatable bonds is 2. The van der Waals surface area contributed by atoms with Crippen LogP contribution in [0.25, 0.3) is 0 Å². The van der Waals surface area contributed by atoms with Gasteiger partial charge in [-0.15, -0.1) is 0 Å². The molecule has 112 valence electrons. The molecule has 2 aromatic carbocycles. The Morgan fingerprint density at radius 3 is 1.29 bits per heavy atom. The number of aromatic hydroxyl groups is 2. The van der Waals surface area contributed by atoms with Crippen molar-refractivity contribution >= 4 is 0 Å². The summed E-state index contributed by atoms with van der Waals surface area (Å²) in [4.78, 5) is 0. The van der Waals surface area contributed by atoms with Crippen LogP contribution in [-0.4, -0.2) is 10.2 Å². The Bertz CT molecular complexity index is 638. The summed E-state index contributed by atoms with van der Waals surface area (Å²) < 4.78 is 0. The number of phenols is 2. The van der Waals surface area contributed by atoms with E-state index < -0.39 is 0 Å². The van der Waals surface area contributed by atoms with Crippen molar-refractivity contribution in [3.8, 4) is 11.5 Å². The predicted molar refractivity (Wildman–Crippen MR) is 87.3 cm³/mol. The lowest BCUT2D eigenvalue weighted by Gasteiger charge is -2.31. The molecule has 21 heavy (non-hydrogen) atoms. The van der Waals surface area contributed by atoms with Gasteiger partial charge in [0, 0.05) is 5.41 Å². The molecule has 0 atom stereocenters. The highest BCUT2D eigenvalue weighted by Gasteiger charge is 2.28. The maximum atomic E-state index is 9.86. The van der Waals surface area contributed by atoms with Gasteiger partial charge in [-0.1, -0.05) is 26.0 Å².